The third kappa shape index (κ3) is 5.14. The molecule has 0 aromatic heterocycles. The van der Waals surface area contributed by atoms with Crippen LogP contribution in [0.1, 0.15) is 32.3 Å². The molecule has 0 aliphatic heterocycles. The van der Waals surface area contributed by atoms with Crippen LogP contribution in [0.2, 0.25) is 0 Å². The molecule has 2 N–H and O–H groups in total. The summed E-state index contributed by atoms with van der Waals surface area (Å²) >= 11 is 0. The summed E-state index contributed by atoms with van der Waals surface area (Å²) in [6, 6.07) is 5.61. The summed E-state index contributed by atoms with van der Waals surface area (Å²) in [4.78, 5) is 10.9. The molecule has 0 aliphatic carbocycles. The second-order valence-electron chi connectivity index (χ2n) is 4.31. The van der Waals surface area contributed by atoms with Crippen molar-refractivity contribution in [1.82, 2.24) is 0 Å². The first-order valence-electron chi connectivity index (χ1n) is 6.35. The van der Waals surface area contributed by atoms with Crippen molar-refractivity contribution >= 4 is 12.0 Å². The summed E-state index contributed by atoms with van der Waals surface area (Å²) in [6.07, 6.45) is 5.81. The Morgan fingerprint density at radius 2 is 2.16 bits per heavy atom. The molecule has 1 rings (SSSR count). The normalized spacial score (nSPS) is 12.4. The van der Waals surface area contributed by atoms with E-state index in [9.17, 15) is 4.79 Å². The lowest BCUT2D eigenvalue weighted by Crippen LogP contribution is -2.16. The van der Waals surface area contributed by atoms with Crippen LogP contribution in [0.3, 0.4) is 0 Å². The Bertz CT molecular complexity index is 455. The number of hydrogen-bond donors (Lipinski definition) is 1. The van der Waals surface area contributed by atoms with E-state index in [0.717, 1.165) is 18.4 Å². The Kier molecular flexibility index (Phi) is 6.09. The van der Waals surface area contributed by atoms with Crippen molar-refractivity contribution in [2.75, 3.05) is 7.11 Å². The molecule has 0 heterocycles. The van der Waals surface area contributed by atoms with Gasteiger partial charge in [0.1, 0.15) is 0 Å². The smallest absolute Gasteiger partial charge is 0.308 e. The summed E-state index contributed by atoms with van der Waals surface area (Å²) in [6.45, 7) is 3.43. The van der Waals surface area contributed by atoms with Crippen LogP contribution in [0.15, 0.2) is 24.3 Å². The zero-order chi connectivity index (χ0) is 14.3. The molecule has 1 aromatic carbocycles. The van der Waals surface area contributed by atoms with E-state index >= 15 is 0 Å². The maximum Gasteiger partial charge on any atom is 0.308 e. The molecule has 0 aliphatic rings. The number of benzene rings is 1. The predicted octanol–water partition coefficient (Wildman–Crippen LogP) is 2.76. The fourth-order valence-corrected chi connectivity index (χ4v) is 1.57. The Morgan fingerprint density at radius 1 is 1.42 bits per heavy atom. The van der Waals surface area contributed by atoms with Crippen molar-refractivity contribution in [3.8, 4) is 11.5 Å². The maximum atomic E-state index is 10.9. The van der Waals surface area contributed by atoms with Crippen molar-refractivity contribution < 1.29 is 14.3 Å². The van der Waals surface area contributed by atoms with Gasteiger partial charge >= 0.3 is 5.97 Å². The molecular weight excluding hydrogens is 242 g/mol. The molecule has 0 bridgehead atoms. The van der Waals surface area contributed by atoms with Gasteiger partial charge in [-0.2, -0.15) is 0 Å². The molecule has 1 atom stereocenters. The van der Waals surface area contributed by atoms with E-state index in [2.05, 4.69) is 6.92 Å². The van der Waals surface area contributed by atoms with Gasteiger partial charge in [0.2, 0.25) is 0 Å². The van der Waals surface area contributed by atoms with Gasteiger partial charge in [0.05, 0.1) is 7.11 Å². The third-order valence-corrected chi connectivity index (χ3v) is 2.71. The maximum absolute atomic E-state index is 10.9. The van der Waals surface area contributed by atoms with Crippen LogP contribution in [0.5, 0.6) is 11.5 Å². The van der Waals surface area contributed by atoms with Crippen LogP contribution in [-0.4, -0.2) is 19.1 Å². The number of methoxy groups -OCH3 is 1. The van der Waals surface area contributed by atoms with E-state index in [0.29, 0.717) is 11.5 Å². The predicted molar refractivity (Wildman–Crippen MR) is 76.2 cm³/mol. The Labute approximate surface area is 114 Å². The minimum absolute atomic E-state index is 0.193. The Hall–Kier alpha value is -1.81. The molecule has 104 valence electrons. The van der Waals surface area contributed by atoms with Gasteiger partial charge in [-0.05, 0) is 30.5 Å². The summed E-state index contributed by atoms with van der Waals surface area (Å²) in [5.41, 5.74) is 6.82. The zero-order valence-corrected chi connectivity index (χ0v) is 11.7. The minimum Gasteiger partial charge on any atom is -0.493 e. The monoisotopic (exact) mass is 263 g/mol. The van der Waals surface area contributed by atoms with Crippen LogP contribution in [-0.2, 0) is 4.79 Å². The lowest BCUT2D eigenvalue weighted by Gasteiger charge is -2.08. The molecule has 0 saturated heterocycles. The van der Waals surface area contributed by atoms with Gasteiger partial charge in [0.15, 0.2) is 11.5 Å². The topological polar surface area (TPSA) is 61.5 Å². The van der Waals surface area contributed by atoms with Crippen molar-refractivity contribution in [3.05, 3.63) is 29.8 Å². The second kappa shape index (κ2) is 7.59. The van der Waals surface area contributed by atoms with E-state index in [1.54, 1.807) is 13.2 Å². The highest BCUT2D eigenvalue weighted by Gasteiger charge is 2.06. The van der Waals surface area contributed by atoms with Gasteiger partial charge in [-0.15, -0.1) is 0 Å². The van der Waals surface area contributed by atoms with E-state index < -0.39 is 0 Å². The van der Waals surface area contributed by atoms with Gasteiger partial charge in [-0.3, -0.25) is 4.79 Å². The fourth-order valence-electron chi connectivity index (χ4n) is 1.57. The van der Waals surface area contributed by atoms with E-state index in [-0.39, 0.29) is 12.0 Å². The van der Waals surface area contributed by atoms with Crippen molar-refractivity contribution in [2.24, 2.45) is 5.73 Å². The molecule has 0 radical (unpaired) electrons. The molecular formula is C15H21NO3. The highest BCUT2D eigenvalue weighted by molar-refractivity contribution is 5.71. The SMILES string of the molecule is CCC(N)C/C=C/c1ccc(OC(C)=O)c(OC)c1. The molecule has 4 nitrogen and oxygen atoms in total. The number of esters is 1. The second-order valence-corrected chi connectivity index (χ2v) is 4.31. The van der Waals surface area contributed by atoms with Gasteiger partial charge < -0.3 is 15.2 Å². The first-order valence-corrected chi connectivity index (χ1v) is 6.35. The average Bonchev–Trinajstić information content (AvgIpc) is 2.39. The number of nitrogens with two attached hydrogens (primary N) is 1. The first kappa shape index (κ1) is 15.2. The molecule has 1 unspecified atom stereocenters. The highest BCUT2D eigenvalue weighted by Crippen LogP contribution is 2.28. The minimum atomic E-state index is -0.365. The zero-order valence-electron chi connectivity index (χ0n) is 11.7. The van der Waals surface area contributed by atoms with Crippen LogP contribution < -0.4 is 15.2 Å². The van der Waals surface area contributed by atoms with Gasteiger partial charge in [0.25, 0.3) is 0 Å². The fraction of sp³-hybridized carbons (Fsp3) is 0.400. The Balaban J connectivity index is 2.79. The third-order valence-electron chi connectivity index (χ3n) is 2.71. The summed E-state index contributed by atoms with van der Waals surface area (Å²) < 4.78 is 10.2. The Morgan fingerprint density at radius 3 is 2.74 bits per heavy atom. The van der Waals surface area contributed by atoms with Crippen molar-refractivity contribution in [1.29, 1.82) is 0 Å². The van der Waals surface area contributed by atoms with E-state index in [4.69, 9.17) is 15.2 Å². The van der Waals surface area contributed by atoms with Crippen LogP contribution in [0.4, 0.5) is 0 Å². The van der Waals surface area contributed by atoms with E-state index in [1.807, 2.05) is 24.3 Å². The van der Waals surface area contributed by atoms with E-state index in [1.165, 1.54) is 6.92 Å². The number of carbonyl (C=O) groups is 1. The van der Waals surface area contributed by atoms with Crippen LogP contribution >= 0.6 is 0 Å². The van der Waals surface area contributed by atoms with Crippen LogP contribution in [0, 0.1) is 0 Å². The molecule has 0 fully saturated rings. The largest absolute Gasteiger partial charge is 0.493 e. The molecule has 0 saturated carbocycles. The summed E-state index contributed by atoms with van der Waals surface area (Å²) in [5, 5.41) is 0. The summed E-state index contributed by atoms with van der Waals surface area (Å²) in [5.74, 6) is 0.602. The molecule has 0 spiro atoms. The summed E-state index contributed by atoms with van der Waals surface area (Å²) in [7, 11) is 1.54. The van der Waals surface area contributed by atoms with Crippen LogP contribution in [0.25, 0.3) is 6.08 Å². The standard InChI is InChI=1S/C15H21NO3/c1-4-13(16)7-5-6-12-8-9-14(19-11(2)17)15(10-12)18-3/h5-6,8-10,13H,4,7,16H2,1-3H3/b6-5+. The quantitative estimate of drug-likeness (QED) is 0.633. The van der Waals surface area contributed by atoms with Gasteiger partial charge in [-0.1, -0.05) is 25.1 Å². The molecule has 0 amide bonds. The number of rotatable bonds is 6. The lowest BCUT2D eigenvalue weighted by atomic mass is 10.1. The molecule has 4 heteroatoms. The number of hydrogen-bond acceptors (Lipinski definition) is 4. The molecule has 19 heavy (non-hydrogen) atoms. The lowest BCUT2D eigenvalue weighted by molar-refractivity contribution is -0.132. The number of ether oxygens (including phenoxy) is 2. The average molecular weight is 263 g/mol. The van der Waals surface area contributed by atoms with Gasteiger partial charge in [0, 0.05) is 13.0 Å². The number of carbonyl (C=O) groups excluding carboxylic acids is 1. The van der Waals surface area contributed by atoms with Gasteiger partial charge in [-0.25, -0.2) is 0 Å². The van der Waals surface area contributed by atoms with Crippen molar-refractivity contribution in [2.45, 2.75) is 32.7 Å². The first-order chi connectivity index (χ1) is 9.06. The molecule has 1 aromatic rings. The highest BCUT2D eigenvalue weighted by atomic mass is 16.6. The van der Waals surface area contributed by atoms with Crippen molar-refractivity contribution in [3.63, 3.8) is 0 Å².